The van der Waals surface area contributed by atoms with Gasteiger partial charge in [0.05, 0.1) is 11.5 Å². The number of halogens is 2. The number of phenolic OH excluding ortho intramolecular Hbond substituents is 1. The Bertz CT molecular complexity index is 735. The van der Waals surface area contributed by atoms with E-state index in [0.29, 0.717) is 10.7 Å². The van der Waals surface area contributed by atoms with Crippen LogP contribution in [-0.4, -0.2) is 22.5 Å². The molecule has 0 heterocycles. The lowest BCUT2D eigenvalue weighted by atomic mass is 10.1. The summed E-state index contributed by atoms with van der Waals surface area (Å²) in [6.07, 6.45) is 0. The minimum absolute atomic E-state index is 0.0996. The standard InChI is InChI=1S/C16H14ClFN2O2S/c1-10(14-8-12(18)4-7-15(14)21)19-20-16(22)9-23-13-5-2-11(17)3-6-13/h2-8,21H,9H2,1H3,(H,20,22)/b19-10+. The minimum atomic E-state index is -0.489. The first kappa shape index (κ1) is 17.3. The molecule has 0 aliphatic carbocycles. The zero-order chi connectivity index (χ0) is 16.8. The molecule has 2 aromatic carbocycles. The van der Waals surface area contributed by atoms with Gasteiger partial charge in [-0.2, -0.15) is 5.10 Å². The van der Waals surface area contributed by atoms with E-state index in [2.05, 4.69) is 10.5 Å². The monoisotopic (exact) mass is 352 g/mol. The highest BCUT2D eigenvalue weighted by molar-refractivity contribution is 8.00. The van der Waals surface area contributed by atoms with Gasteiger partial charge in [-0.15, -0.1) is 11.8 Å². The van der Waals surface area contributed by atoms with Gasteiger partial charge in [-0.3, -0.25) is 4.79 Å². The number of hydrazone groups is 1. The lowest BCUT2D eigenvalue weighted by molar-refractivity contribution is -0.118. The van der Waals surface area contributed by atoms with E-state index in [0.717, 1.165) is 17.0 Å². The van der Waals surface area contributed by atoms with Crippen molar-refractivity contribution < 1.29 is 14.3 Å². The highest BCUT2D eigenvalue weighted by atomic mass is 35.5. The first-order chi connectivity index (χ1) is 11.0. The summed E-state index contributed by atoms with van der Waals surface area (Å²) in [5, 5.41) is 14.2. The second-order valence-corrected chi connectivity index (χ2v) is 6.12. The van der Waals surface area contributed by atoms with Gasteiger partial charge in [0.25, 0.3) is 0 Å². The van der Waals surface area contributed by atoms with Gasteiger partial charge in [-0.05, 0) is 49.4 Å². The number of benzene rings is 2. The third kappa shape index (κ3) is 5.26. The lowest BCUT2D eigenvalue weighted by Gasteiger charge is -2.05. The third-order valence-electron chi connectivity index (χ3n) is 2.88. The maximum absolute atomic E-state index is 13.2. The van der Waals surface area contributed by atoms with E-state index in [-0.39, 0.29) is 23.0 Å². The lowest BCUT2D eigenvalue weighted by Crippen LogP contribution is -2.21. The summed E-state index contributed by atoms with van der Waals surface area (Å²) in [5.41, 5.74) is 2.92. The summed E-state index contributed by atoms with van der Waals surface area (Å²) in [6, 6.07) is 10.7. The largest absolute Gasteiger partial charge is 0.507 e. The molecule has 0 aromatic heterocycles. The van der Waals surface area contributed by atoms with Crippen LogP contribution in [0, 0.1) is 5.82 Å². The van der Waals surface area contributed by atoms with Crippen molar-refractivity contribution >= 4 is 35.0 Å². The summed E-state index contributed by atoms with van der Waals surface area (Å²) < 4.78 is 13.2. The smallest absolute Gasteiger partial charge is 0.250 e. The van der Waals surface area contributed by atoms with Crippen LogP contribution in [0.15, 0.2) is 52.5 Å². The Morgan fingerprint density at radius 3 is 2.70 bits per heavy atom. The molecule has 1 amide bonds. The van der Waals surface area contributed by atoms with Crippen molar-refractivity contribution in [1.29, 1.82) is 0 Å². The number of nitrogens with one attached hydrogen (secondary N) is 1. The van der Waals surface area contributed by atoms with Crippen molar-refractivity contribution in [3.8, 4) is 5.75 Å². The summed E-state index contributed by atoms with van der Waals surface area (Å²) in [4.78, 5) is 12.7. The molecule has 2 N–H and O–H groups in total. The van der Waals surface area contributed by atoms with Crippen LogP contribution >= 0.6 is 23.4 Å². The molecule has 0 bridgehead atoms. The molecule has 2 aromatic rings. The second-order valence-electron chi connectivity index (χ2n) is 4.64. The first-order valence-corrected chi connectivity index (χ1v) is 8.02. The predicted molar refractivity (Wildman–Crippen MR) is 90.6 cm³/mol. The molecule has 2 rings (SSSR count). The Morgan fingerprint density at radius 1 is 1.30 bits per heavy atom. The zero-order valence-electron chi connectivity index (χ0n) is 12.2. The molecular formula is C16H14ClFN2O2S. The highest BCUT2D eigenvalue weighted by Crippen LogP contribution is 2.20. The molecular weight excluding hydrogens is 339 g/mol. The van der Waals surface area contributed by atoms with Gasteiger partial charge < -0.3 is 5.11 Å². The average Bonchev–Trinajstić information content (AvgIpc) is 2.54. The fraction of sp³-hybridized carbons (Fsp3) is 0.125. The molecule has 0 saturated carbocycles. The van der Waals surface area contributed by atoms with E-state index in [1.54, 1.807) is 19.1 Å². The number of rotatable bonds is 5. The van der Waals surface area contributed by atoms with Crippen molar-refractivity contribution in [3.05, 3.63) is 58.9 Å². The molecule has 0 fully saturated rings. The van der Waals surface area contributed by atoms with Crippen molar-refractivity contribution in [2.45, 2.75) is 11.8 Å². The topological polar surface area (TPSA) is 61.7 Å². The minimum Gasteiger partial charge on any atom is -0.507 e. The van der Waals surface area contributed by atoms with E-state index >= 15 is 0 Å². The van der Waals surface area contributed by atoms with Gasteiger partial charge in [-0.1, -0.05) is 11.6 Å². The van der Waals surface area contributed by atoms with Gasteiger partial charge in [0.2, 0.25) is 5.91 Å². The van der Waals surface area contributed by atoms with Crippen LogP contribution in [0.5, 0.6) is 5.75 Å². The molecule has 4 nitrogen and oxygen atoms in total. The van der Waals surface area contributed by atoms with Crippen LogP contribution in [0.1, 0.15) is 12.5 Å². The molecule has 0 radical (unpaired) electrons. The third-order valence-corrected chi connectivity index (χ3v) is 4.14. The van der Waals surface area contributed by atoms with Crippen LogP contribution in [-0.2, 0) is 4.79 Å². The summed E-state index contributed by atoms with van der Waals surface area (Å²) in [5.74, 6) is -0.720. The van der Waals surface area contributed by atoms with Gasteiger partial charge in [0, 0.05) is 15.5 Å². The molecule has 0 unspecified atom stereocenters. The number of phenols is 1. The predicted octanol–water partition coefficient (Wildman–Crippen LogP) is 3.82. The van der Waals surface area contributed by atoms with Crippen LogP contribution in [0.2, 0.25) is 5.02 Å². The molecule has 0 saturated heterocycles. The van der Waals surface area contributed by atoms with Crippen molar-refractivity contribution in [1.82, 2.24) is 5.43 Å². The number of nitrogens with zero attached hydrogens (tertiary/aromatic N) is 1. The van der Waals surface area contributed by atoms with Crippen LogP contribution in [0.4, 0.5) is 4.39 Å². The van der Waals surface area contributed by atoms with E-state index in [9.17, 15) is 14.3 Å². The number of carbonyl (C=O) groups is 1. The van der Waals surface area contributed by atoms with Crippen molar-refractivity contribution in [2.75, 3.05) is 5.75 Å². The maximum Gasteiger partial charge on any atom is 0.250 e. The van der Waals surface area contributed by atoms with Crippen LogP contribution < -0.4 is 5.43 Å². The van der Waals surface area contributed by atoms with Crippen molar-refractivity contribution in [3.63, 3.8) is 0 Å². The van der Waals surface area contributed by atoms with Crippen LogP contribution in [0.25, 0.3) is 0 Å². The fourth-order valence-electron chi connectivity index (χ4n) is 1.72. The van der Waals surface area contributed by atoms with Gasteiger partial charge >= 0.3 is 0 Å². The van der Waals surface area contributed by atoms with Crippen molar-refractivity contribution in [2.24, 2.45) is 5.10 Å². The van der Waals surface area contributed by atoms with Gasteiger partial charge in [0.1, 0.15) is 11.6 Å². The van der Waals surface area contributed by atoms with E-state index in [4.69, 9.17) is 11.6 Å². The average molecular weight is 353 g/mol. The first-order valence-electron chi connectivity index (χ1n) is 6.66. The molecule has 0 spiro atoms. The highest BCUT2D eigenvalue weighted by Gasteiger charge is 2.07. The Labute approximate surface area is 142 Å². The number of aromatic hydroxyl groups is 1. The van der Waals surface area contributed by atoms with E-state index in [1.807, 2.05) is 12.1 Å². The number of hydrogen-bond donors (Lipinski definition) is 2. The maximum atomic E-state index is 13.2. The number of hydrogen-bond acceptors (Lipinski definition) is 4. The molecule has 120 valence electrons. The van der Waals surface area contributed by atoms with Gasteiger partial charge in [-0.25, -0.2) is 9.82 Å². The number of amides is 1. The zero-order valence-corrected chi connectivity index (χ0v) is 13.8. The normalized spacial score (nSPS) is 11.3. The quantitative estimate of drug-likeness (QED) is 0.488. The fourth-order valence-corrected chi connectivity index (χ4v) is 2.53. The molecule has 0 aliphatic heterocycles. The van der Waals surface area contributed by atoms with E-state index < -0.39 is 5.82 Å². The summed E-state index contributed by atoms with van der Waals surface area (Å²) in [6.45, 7) is 1.57. The number of carbonyl (C=O) groups excluding carboxylic acids is 1. The SMILES string of the molecule is C/C(=N\NC(=O)CSc1ccc(Cl)cc1)c1cc(F)ccc1O. The Hall–Kier alpha value is -2.05. The number of thioether (sulfide) groups is 1. The molecule has 7 heteroatoms. The Morgan fingerprint density at radius 2 is 2.00 bits per heavy atom. The molecule has 23 heavy (non-hydrogen) atoms. The Balaban J connectivity index is 1.92. The Kier molecular flexibility index (Phi) is 6.01. The van der Waals surface area contributed by atoms with Crippen LogP contribution in [0.3, 0.4) is 0 Å². The van der Waals surface area contributed by atoms with E-state index in [1.165, 1.54) is 17.8 Å². The van der Waals surface area contributed by atoms with Gasteiger partial charge in [0.15, 0.2) is 0 Å². The second kappa shape index (κ2) is 7.99. The summed E-state index contributed by atoms with van der Waals surface area (Å²) in [7, 11) is 0. The summed E-state index contributed by atoms with van der Waals surface area (Å²) >= 11 is 7.13. The molecule has 0 atom stereocenters. The molecule has 0 aliphatic rings.